The van der Waals surface area contributed by atoms with Crippen molar-refractivity contribution in [2.24, 2.45) is 0 Å². The van der Waals surface area contributed by atoms with E-state index < -0.39 is 11.9 Å². The molecule has 3 rings (SSSR count). The third-order valence-electron chi connectivity index (χ3n) is 5.03. The van der Waals surface area contributed by atoms with Gasteiger partial charge in [-0.15, -0.1) is 11.8 Å². The zero-order chi connectivity index (χ0) is 22.8. The van der Waals surface area contributed by atoms with E-state index in [1.807, 2.05) is 67.6 Å². The monoisotopic (exact) mass is 450 g/mol. The van der Waals surface area contributed by atoms with E-state index in [1.54, 1.807) is 18.2 Å². The number of hydrogen-bond acceptors (Lipinski definition) is 3. The Kier molecular flexibility index (Phi) is 8.87. The molecular formula is C26H27FN2O2S. The highest BCUT2D eigenvalue weighted by Crippen LogP contribution is 2.21. The van der Waals surface area contributed by atoms with Crippen molar-refractivity contribution in [3.8, 4) is 0 Å². The number of rotatable bonds is 10. The van der Waals surface area contributed by atoms with Gasteiger partial charge in [0.25, 0.3) is 0 Å². The van der Waals surface area contributed by atoms with Gasteiger partial charge in [-0.2, -0.15) is 0 Å². The summed E-state index contributed by atoms with van der Waals surface area (Å²) >= 11 is 1.40. The molecule has 0 spiro atoms. The van der Waals surface area contributed by atoms with Gasteiger partial charge < -0.3 is 10.2 Å². The molecule has 6 heteroatoms. The third-order valence-corrected chi connectivity index (χ3v) is 6.02. The summed E-state index contributed by atoms with van der Waals surface area (Å²) in [5, 5.41) is 2.84. The quantitative estimate of drug-likeness (QED) is 0.456. The number of nitrogens with zero attached hydrogens (tertiary/aromatic N) is 1. The van der Waals surface area contributed by atoms with E-state index in [9.17, 15) is 14.0 Å². The van der Waals surface area contributed by atoms with Crippen molar-refractivity contribution in [2.75, 3.05) is 12.3 Å². The van der Waals surface area contributed by atoms with Crippen molar-refractivity contribution in [1.29, 1.82) is 0 Å². The molecule has 1 N–H and O–H groups in total. The molecule has 1 atom stereocenters. The van der Waals surface area contributed by atoms with Gasteiger partial charge in [-0.05, 0) is 30.7 Å². The Labute approximate surface area is 192 Å². The Bertz CT molecular complexity index is 1010. The number of thioether (sulfide) groups is 1. The Morgan fingerprint density at radius 1 is 0.938 bits per heavy atom. The van der Waals surface area contributed by atoms with E-state index in [2.05, 4.69) is 5.32 Å². The highest BCUT2D eigenvalue weighted by atomic mass is 32.2. The summed E-state index contributed by atoms with van der Waals surface area (Å²) in [5.41, 5.74) is 1.32. The number of likely N-dealkylation sites (N-methyl/N-ethyl adjacent to an activating group) is 1. The Balaban J connectivity index is 1.89. The molecule has 0 heterocycles. The number of carbonyl (C=O) groups excluding carboxylic acids is 2. The van der Waals surface area contributed by atoms with Gasteiger partial charge in [-0.1, -0.05) is 66.7 Å². The largest absolute Gasteiger partial charge is 0.355 e. The van der Waals surface area contributed by atoms with E-state index in [0.717, 1.165) is 10.5 Å². The average Bonchev–Trinajstić information content (AvgIpc) is 2.82. The van der Waals surface area contributed by atoms with E-state index in [4.69, 9.17) is 0 Å². The Morgan fingerprint density at radius 2 is 1.56 bits per heavy atom. The molecule has 0 unspecified atom stereocenters. The lowest BCUT2D eigenvalue weighted by Crippen LogP contribution is -2.51. The van der Waals surface area contributed by atoms with Crippen LogP contribution in [0.4, 0.5) is 4.39 Å². The Hall–Kier alpha value is -3.12. The zero-order valence-corrected chi connectivity index (χ0v) is 18.9. The summed E-state index contributed by atoms with van der Waals surface area (Å²) < 4.78 is 14.5. The molecule has 4 nitrogen and oxygen atoms in total. The van der Waals surface area contributed by atoms with Crippen LogP contribution in [0, 0.1) is 5.82 Å². The van der Waals surface area contributed by atoms with Gasteiger partial charge in [-0.3, -0.25) is 9.59 Å². The van der Waals surface area contributed by atoms with Gasteiger partial charge in [0.15, 0.2) is 0 Å². The standard InChI is InChI=1S/C26H27FN2O2S/c1-2-28-26(31)24(17-20-11-5-3-6-12-20)29(18-21-13-9-10-16-23(21)27)25(30)19-32-22-14-7-4-8-15-22/h3-16,24H,2,17-19H2,1H3,(H,28,31)/t24-/m0/s1. The minimum Gasteiger partial charge on any atom is -0.355 e. The van der Waals surface area contributed by atoms with Crippen LogP contribution in [0.2, 0.25) is 0 Å². The van der Waals surface area contributed by atoms with Crippen molar-refractivity contribution in [1.82, 2.24) is 10.2 Å². The molecule has 0 fully saturated rings. The SMILES string of the molecule is CCNC(=O)[C@H](Cc1ccccc1)N(Cc1ccccc1F)C(=O)CSc1ccccc1. The summed E-state index contributed by atoms with van der Waals surface area (Å²) in [7, 11) is 0. The summed E-state index contributed by atoms with van der Waals surface area (Å²) in [5.74, 6) is -0.696. The first-order valence-electron chi connectivity index (χ1n) is 10.6. The molecule has 166 valence electrons. The Morgan fingerprint density at radius 3 is 2.22 bits per heavy atom. The maximum absolute atomic E-state index is 14.5. The molecule has 0 radical (unpaired) electrons. The minimum atomic E-state index is -0.749. The van der Waals surface area contributed by atoms with E-state index >= 15 is 0 Å². The van der Waals surface area contributed by atoms with Gasteiger partial charge in [0.2, 0.25) is 11.8 Å². The fourth-order valence-corrected chi connectivity index (χ4v) is 4.21. The van der Waals surface area contributed by atoms with Crippen molar-refractivity contribution in [3.63, 3.8) is 0 Å². The first-order chi connectivity index (χ1) is 15.6. The summed E-state index contributed by atoms with van der Waals surface area (Å²) in [6.45, 7) is 2.31. The lowest BCUT2D eigenvalue weighted by atomic mass is 10.0. The van der Waals surface area contributed by atoms with Crippen LogP contribution in [0.25, 0.3) is 0 Å². The first kappa shape index (κ1) is 23.5. The second-order valence-corrected chi connectivity index (χ2v) is 8.36. The van der Waals surface area contributed by atoms with Crippen LogP contribution in [0.5, 0.6) is 0 Å². The molecule has 0 aliphatic heterocycles. The van der Waals surface area contributed by atoms with E-state index in [-0.39, 0.29) is 24.1 Å². The summed E-state index contributed by atoms with van der Waals surface area (Å²) in [6, 6.07) is 24.8. The van der Waals surface area contributed by atoms with Crippen LogP contribution in [0.3, 0.4) is 0 Å². The van der Waals surface area contributed by atoms with Crippen LogP contribution in [0.1, 0.15) is 18.1 Å². The molecule has 3 aromatic rings. The predicted molar refractivity (Wildman–Crippen MR) is 127 cm³/mol. The van der Waals surface area contributed by atoms with Gasteiger partial charge in [0.05, 0.1) is 5.75 Å². The van der Waals surface area contributed by atoms with Crippen LogP contribution in [0.15, 0.2) is 89.8 Å². The topological polar surface area (TPSA) is 49.4 Å². The van der Waals surface area contributed by atoms with Crippen LogP contribution < -0.4 is 5.32 Å². The predicted octanol–water partition coefficient (Wildman–Crippen LogP) is 4.69. The number of benzene rings is 3. The first-order valence-corrected chi connectivity index (χ1v) is 11.6. The van der Waals surface area contributed by atoms with Crippen molar-refractivity contribution in [2.45, 2.75) is 30.8 Å². The molecule has 2 amide bonds. The smallest absolute Gasteiger partial charge is 0.243 e. The highest BCUT2D eigenvalue weighted by molar-refractivity contribution is 8.00. The van der Waals surface area contributed by atoms with Gasteiger partial charge >= 0.3 is 0 Å². The maximum atomic E-state index is 14.5. The highest BCUT2D eigenvalue weighted by Gasteiger charge is 2.30. The molecule has 0 aliphatic carbocycles. The molecule has 0 bridgehead atoms. The van der Waals surface area contributed by atoms with E-state index in [1.165, 1.54) is 22.7 Å². The molecule has 3 aromatic carbocycles. The van der Waals surface area contributed by atoms with Gasteiger partial charge in [0, 0.05) is 30.0 Å². The van der Waals surface area contributed by atoms with Crippen LogP contribution >= 0.6 is 11.8 Å². The third kappa shape index (κ3) is 6.69. The molecule has 0 aromatic heterocycles. The normalized spacial score (nSPS) is 11.6. The molecule has 32 heavy (non-hydrogen) atoms. The fourth-order valence-electron chi connectivity index (χ4n) is 3.40. The second kappa shape index (κ2) is 12.1. The maximum Gasteiger partial charge on any atom is 0.243 e. The average molecular weight is 451 g/mol. The fraction of sp³-hybridized carbons (Fsp3) is 0.231. The zero-order valence-electron chi connectivity index (χ0n) is 18.0. The summed E-state index contributed by atoms with van der Waals surface area (Å²) in [4.78, 5) is 28.9. The molecule has 0 aliphatic rings. The number of carbonyl (C=O) groups is 2. The van der Waals surface area contributed by atoms with Crippen molar-refractivity contribution in [3.05, 3.63) is 102 Å². The number of nitrogens with one attached hydrogen (secondary N) is 1. The number of halogens is 1. The van der Waals surface area contributed by atoms with Gasteiger partial charge in [0.1, 0.15) is 11.9 Å². The number of amides is 2. The minimum absolute atomic E-state index is 0.0233. The molecular weight excluding hydrogens is 423 g/mol. The lowest BCUT2D eigenvalue weighted by Gasteiger charge is -2.31. The van der Waals surface area contributed by atoms with E-state index in [0.29, 0.717) is 18.5 Å². The van der Waals surface area contributed by atoms with Crippen LogP contribution in [-0.2, 0) is 22.6 Å². The van der Waals surface area contributed by atoms with Crippen molar-refractivity contribution >= 4 is 23.6 Å². The molecule has 0 saturated heterocycles. The molecule has 0 saturated carbocycles. The van der Waals surface area contributed by atoms with Crippen LogP contribution in [-0.4, -0.2) is 35.1 Å². The second-order valence-electron chi connectivity index (χ2n) is 7.31. The number of hydrogen-bond donors (Lipinski definition) is 1. The lowest BCUT2D eigenvalue weighted by molar-refractivity contribution is -0.139. The summed E-state index contributed by atoms with van der Waals surface area (Å²) in [6.07, 6.45) is 0.350. The van der Waals surface area contributed by atoms with Gasteiger partial charge in [-0.25, -0.2) is 4.39 Å². The van der Waals surface area contributed by atoms with Crippen molar-refractivity contribution < 1.29 is 14.0 Å².